The average Bonchev–Trinajstić information content (AvgIpc) is 2.07. The molecule has 1 aliphatic carbocycles. The van der Waals surface area contributed by atoms with Crippen LogP contribution in [-0.4, -0.2) is 43.7 Å². The van der Waals surface area contributed by atoms with Crippen LogP contribution in [0.3, 0.4) is 0 Å². The van der Waals surface area contributed by atoms with Gasteiger partial charge in [-0.3, -0.25) is 0 Å². The second-order valence-corrected chi connectivity index (χ2v) is 3.03. The smallest absolute Gasteiger partial charge is 0.407 e. The van der Waals surface area contributed by atoms with E-state index in [0.29, 0.717) is 0 Å². The molecule has 76 valence electrons. The topological polar surface area (TPSA) is 67.8 Å². The Balaban J connectivity index is 2.03. The number of carbonyl (C=O) groups excluding carboxylic acids is 1. The third kappa shape index (κ3) is 3.20. The van der Waals surface area contributed by atoms with E-state index in [2.05, 4.69) is 10.1 Å². The van der Waals surface area contributed by atoms with Crippen LogP contribution in [-0.2, 0) is 9.47 Å². The van der Waals surface area contributed by atoms with Crippen molar-refractivity contribution < 1.29 is 19.4 Å². The van der Waals surface area contributed by atoms with Crippen molar-refractivity contribution in [1.82, 2.24) is 5.32 Å². The van der Waals surface area contributed by atoms with E-state index in [1.165, 1.54) is 0 Å². The van der Waals surface area contributed by atoms with Crippen LogP contribution < -0.4 is 5.32 Å². The summed E-state index contributed by atoms with van der Waals surface area (Å²) in [7, 11) is 1.66. The molecule has 0 heterocycles. The Hall–Kier alpha value is -0.810. The maximum Gasteiger partial charge on any atom is 0.407 e. The highest BCUT2D eigenvalue weighted by Crippen LogP contribution is 2.22. The Morgan fingerprint density at radius 1 is 1.62 bits per heavy atom. The number of methoxy groups -OCH3 is 1. The summed E-state index contributed by atoms with van der Waals surface area (Å²) in [5, 5.41) is 11.0. The largest absolute Gasteiger partial charge is 0.447 e. The van der Waals surface area contributed by atoms with Crippen LogP contribution in [0.15, 0.2) is 0 Å². The summed E-state index contributed by atoms with van der Waals surface area (Å²) in [6.07, 6.45) is 1.48. The van der Waals surface area contributed by atoms with Gasteiger partial charge in [-0.25, -0.2) is 4.79 Å². The van der Waals surface area contributed by atoms with Crippen LogP contribution in [0.5, 0.6) is 0 Å². The Bertz CT molecular complexity index is 168. The van der Waals surface area contributed by atoms with Crippen LogP contribution in [0.1, 0.15) is 12.8 Å². The molecule has 13 heavy (non-hydrogen) atoms. The summed E-state index contributed by atoms with van der Waals surface area (Å²) < 4.78 is 9.67. The van der Waals surface area contributed by atoms with Gasteiger partial charge in [-0.15, -0.1) is 0 Å². The van der Waals surface area contributed by atoms with Crippen molar-refractivity contribution in [3.8, 4) is 0 Å². The summed E-state index contributed by atoms with van der Waals surface area (Å²) in [6, 6.07) is 0.163. The number of rotatable bonds is 4. The minimum Gasteiger partial charge on any atom is -0.447 e. The van der Waals surface area contributed by atoms with Gasteiger partial charge in [-0.1, -0.05) is 0 Å². The van der Waals surface area contributed by atoms with Crippen LogP contribution in [0, 0.1) is 0 Å². The van der Waals surface area contributed by atoms with Crippen LogP contribution in [0.4, 0.5) is 4.79 Å². The zero-order chi connectivity index (χ0) is 9.68. The fourth-order valence-electron chi connectivity index (χ4n) is 1.22. The quantitative estimate of drug-likeness (QED) is 0.647. The first-order valence-corrected chi connectivity index (χ1v) is 4.33. The molecule has 5 nitrogen and oxygen atoms in total. The second-order valence-electron chi connectivity index (χ2n) is 3.03. The van der Waals surface area contributed by atoms with E-state index in [-0.39, 0.29) is 25.4 Å². The zero-order valence-corrected chi connectivity index (χ0v) is 7.66. The molecular weight excluding hydrogens is 174 g/mol. The Morgan fingerprint density at radius 3 is 2.85 bits per heavy atom. The lowest BCUT2D eigenvalue weighted by Gasteiger charge is -2.34. The van der Waals surface area contributed by atoms with Gasteiger partial charge in [-0.2, -0.15) is 0 Å². The molecule has 0 unspecified atom stereocenters. The first-order chi connectivity index (χ1) is 6.26. The minimum absolute atomic E-state index is 0.0479. The molecule has 1 fully saturated rings. The summed E-state index contributed by atoms with van der Waals surface area (Å²) in [6.45, 7) is -0.0922. The average molecular weight is 189 g/mol. The molecule has 1 rings (SSSR count). The van der Waals surface area contributed by atoms with E-state index < -0.39 is 6.09 Å². The van der Waals surface area contributed by atoms with Crippen LogP contribution in [0.2, 0.25) is 0 Å². The predicted molar refractivity (Wildman–Crippen MR) is 45.4 cm³/mol. The lowest BCUT2D eigenvalue weighted by Crippen LogP contribution is -2.47. The highest BCUT2D eigenvalue weighted by molar-refractivity contribution is 5.67. The van der Waals surface area contributed by atoms with Gasteiger partial charge in [0.25, 0.3) is 0 Å². The summed E-state index contributed by atoms with van der Waals surface area (Å²) in [5.74, 6) is 0. The highest BCUT2D eigenvalue weighted by Gasteiger charge is 2.30. The van der Waals surface area contributed by atoms with E-state index in [1.807, 2.05) is 0 Å². The van der Waals surface area contributed by atoms with Gasteiger partial charge in [0.05, 0.1) is 12.7 Å². The Morgan fingerprint density at radius 2 is 2.31 bits per heavy atom. The first kappa shape index (κ1) is 10.3. The normalized spacial score (nSPS) is 26.3. The number of ether oxygens (including phenoxy) is 2. The van der Waals surface area contributed by atoms with Crippen molar-refractivity contribution >= 4 is 6.09 Å². The fourth-order valence-corrected chi connectivity index (χ4v) is 1.22. The third-order valence-corrected chi connectivity index (χ3v) is 2.07. The maximum atomic E-state index is 10.9. The molecule has 0 bridgehead atoms. The van der Waals surface area contributed by atoms with Gasteiger partial charge in [0, 0.05) is 13.2 Å². The number of nitrogens with one attached hydrogen (secondary N) is 1. The number of alkyl carbamates (subject to hydrolysis) is 1. The van der Waals surface area contributed by atoms with Crippen molar-refractivity contribution in [2.75, 3.05) is 20.3 Å². The molecule has 0 aromatic carbocycles. The monoisotopic (exact) mass is 189 g/mol. The van der Waals surface area contributed by atoms with Crippen molar-refractivity contribution in [1.29, 1.82) is 0 Å². The number of hydrogen-bond donors (Lipinski definition) is 2. The van der Waals surface area contributed by atoms with E-state index >= 15 is 0 Å². The molecule has 0 aromatic rings. The first-order valence-electron chi connectivity index (χ1n) is 4.33. The molecule has 0 aromatic heterocycles. The van der Waals surface area contributed by atoms with E-state index in [1.54, 1.807) is 7.11 Å². The van der Waals surface area contributed by atoms with Crippen molar-refractivity contribution in [2.24, 2.45) is 0 Å². The fraction of sp³-hybridized carbons (Fsp3) is 0.875. The molecule has 2 N–H and O–H groups in total. The molecule has 1 amide bonds. The number of aliphatic hydroxyl groups excluding tert-OH is 1. The van der Waals surface area contributed by atoms with Gasteiger partial charge < -0.3 is 19.9 Å². The zero-order valence-electron chi connectivity index (χ0n) is 7.66. The Labute approximate surface area is 77.0 Å². The molecule has 1 saturated carbocycles. The molecule has 0 radical (unpaired) electrons. The summed E-state index contributed by atoms with van der Waals surface area (Å²) >= 11 is 0. The summed E-state index contributed by atoms with van der Waals surface area (Å²) in [4.78, 5) is 10.9. The van der Waals surface area contributed by atoms with Gasteiger partial charge in [0.1, 0.15) is 6.61 Å². The predicted octanol–water partition coefficient (Wildman–Crippen LogP) is -0.118. The van der Waals surface area contributed by atoms with Gasteiger partial charge in [-0.05, 0) is 12.8 Å². The number of aliphatic hydroxyl groups is 1. The van der Waals surface area contributed by atoms with Crippen molar-refractivity contribution in [3.63, 3.8) is 0 Å². The SMILES string of the molecule is COC1CC(NC(=O)OCCO)C1. The number of carbonyl (C=O) groups is 1. The molecular formula is C8H15NO4. The molecule has 5 heteroatoms. The molecule has 0 aliphatic heterocycles. The lowest BCUT2D eigenvalue weighted by atomic mass is 9.89. The molecule has 0 atom stereocenters. The van der Waals surface area contributed by atoms with Crippen molar-refractivity contribution in [3.05, 3.63) is 0 Å². The Kier molecular flexibility index (Phi) is 3.98. The second kappa shape index (κ2) is 5.04. The minimum atomic E-state index is -0.464. The standard InChI is InChI=1S/C8H15NO4/c1-12-7-4-6(5-7)9-8(11)13-3-2-10/h6-7,10H,2-5H2,1H3,(H,9,11). The summed E-state index contributed by atoms with van der Waals surface area (Å²) in [5.41, 5.74) is 0. The maximum absolute atomic E-state index is 10.9. The van der Waals surface area contributed by atoms with Crippen LogP contribution >= 0.6 is 0 Å². The van der Waals surface area contributed by atoms with Gasteiger partial charge >= 0.3 is 6.09 Å². The van der Waals surface area contributed by atoms with E-state index in [0.717, 1.165) is 12.8 Å². The number of amides is 1. The highest BCUT2D eigenvalue weighted by atomic mass is 16.6. The molecule has 1 aliphatic rings. The molecule has 0 spiro atoms. The third-order valence-electron chi connectivity index (χ3n) is 2.07. The molecule has 0 saturated heterocycles. The van der Waals surface area contributed by atoms with E-state index in [9.17, 15) is 4.79 Å². The van der Waals surface area contributed by atoms with Crippen LogP contribution in [0.25, 0.3) is 0 Å². The van der Waals surface area contributed by atoms with Gasteiger partial charge in [0.15, 0.2) is 0 Å². The van der Waals surface area contributed by atoms with E-state index in [4.69, 9.17) is 9.84 Å². The number of hydrogen-bond acceptors (Lipinski definition) is 4. The lowest BCUT2D eigenvalue weighted by molar-refractivity contribution is 0.0158. The van der Waals surface area contributed by atoms with Crippen molar-refractivity contribution in [2.45, 2.75) is 25.0 Å². The van der Waals surface area contributed by atoms with Gasteiger partial charge in [0.2, 0.25) is 0 Å².